The number of ether oxygens (including phenoxy) is 2. The van der Waals surface area contributed by atoms with Gasteiger partial charge in [0.2, 0.25) is 0 Å². The molecule has 4 nitrogen and oxygen atoms in total. The molecule has 0 bridgehead atoms. The van der Waals surface area contributed by atoms with Gasteiger partial charge in [0.1, 0.15) is 18.1 Å². The molecular formula is C24H25NO3S. The number of hydrogen-bond donors (Lipinski definition) is 1. The number of rotatable bonds is 9. The highest BCUT2D eigenvalue weighted by Crippen LogP contribution is 2.22. The van der Waals surface area contributed by atoms with E-state index in [1.54, 1.807) is 18.9 Å². The van der Waals surface area contributed by atoms with E-state index in [9.17, 15) is 4.79 Å². The fourth-order valence-corrected chi connectivity index (χ4v) is 3.55. The summed E-state index contributed by atoms with van der Waals surface area (Å²) in [6.45, 7) is 2.32. The van der Waals surface area contributed by atoms with Crippen LogP contribution in [-0.4, -0.2) is 25.7 Å². The molecule has 1 N–H and O–H groups in total. The maximum Gasteiger partial charge on any atom is 0.251 e. The molecule has 0 aliphatic heterocycles. The summed E-state index contributed by atoms with van der Waals surface area (Å²) < 4.78 is 10.9. The molecule has 0 aliphatic carbocycles. The van der Waals surface area contributed by atoms with Gasteiger partial charge in [-0.25, -0.2) is 0 Å². The number of thioether (sulfide) groups is 1. The van der Waals surface area contributed by atoms with Crippen molar-refractivity contribution in [3.63, 3.8) is 0 Å². The third-order valence-corrected chi connectivity index (χ3v) is 5.38. The highest BCUT2D eigenvalue weighted by Gasteiger charge is 2.10. The Labute approximate surface area is 176 Å². The van der Waals surface area contributed by atoms with Crippen molar-refractivity contribution in [3.8, 4) is 11.5 Å². The van der Waals surface area contributed by atoms with Gasteiger partial charge in [-0.1, -0.05) is 30.3 Å². The summed E-state index contributed by atoms with van der Waals surface area (Å²) in [5.41, 5.74) is 1.83. The average molecular weight is 408 g/mol. The molecule has 5 heteroatoms. The van der Waals surface area contributed by atoms with Crippen LogP contribution in [0.5, 0.6) is 11.5 Å². The van der Waals surface area contributed by atoms with E-state index in [0.29, 0.717) is 12.2 Å². The van der Waals surface area contributed by atoms with Crippen LogP contribution < -0.4 is 14.8 Å². The predicted octanol–water partition coefficient (Wildman–Crippen LogP) is 5.18. The van der Waals surface area contributed by atoms with Gasteiger partial charge < -0.3 is 14.8 Å². The summed E-state index contributed by atoms with van der Waals surface area (Å²) in [6.07, 6.45) is 0. The van der Waals surface area contributed by atoms with E-state index >= 15 is 0 Å². The molecule has 3 rings (SSSR count). The first-order chi connectivity index (χ1) is 14.1. The Morgan fingerprint density at radius 2 is 1.59 bits per heavy atom. The molecule has 3 aromatic carbocycles. The van der Waals surface area contributed by atoms with Gasteiger partial charge in [0.25, 0.3) is 5.91 Å². The first-order valence-electron chi connectivity index (χ1n) is 9.48. The lowest BCUT2D eigenvalue weighted by Gasteiger charge is -2.15. The third kappa shape index (κ3) is 6.57. The normalized spacial score (nSPS) is 11.5. The van der Waals surface area contributed by atoms with Crippen LogP contribution in [-0.2, 0) is 5.75 Å². The second kappa shape index (κ2) is 10.6. The fraction of sp³-hybridized carbons (Fsp3) is 0.208. The van der Waals surface area contributed by atoms with Gasteiger partial charge in [-0.2, -0.15) is 0 Å². The molecule has 0 saturated heterocycles. The molecule has 0 unspecified atom stereocenters. The number of carbonyl (C=O) groups is 1. The lowest BCUT2D eigenvalue weighted by molar-refractivity contribution is 0.0926. The van der Waals surface area contributed by atoms with Gasteiger partial charge in [-0.3, -0.25) is 4.79 Å². The van der Waals surface area contributed by atoms with E-state index in [0.717, 1.165) is 17.3 Å². The molecular weight excluding hydrogens is 382 g/mol. The zero-order chi connectivity index (χ0) is 20.5. The Kier molecular flexibility index (Phi) is 7.59. The van der Waals surface area contributed by atoms with E-state index < -0.39 is 0 Å². The highest BCUT2D eigenvalue weighted by molar-refractivity contribution is 7.98. The molecule has 0 aliphatic rings. The van der Waals surface area contributed by atoms with E-state index in [1.165, 1.54) is 10.5 Å². The number of amides is 1. The summed E-state index contributed by atoms with van der Waals surface area (Å²) in [5, 5.41) is 2.97. The minimum absolute atomic E-state index is 0.0990. The number of benzene rings is 3. The van der Waals surface area contributed by atoms with E-state index in [4.69, 9.17) is 9.47 Å². The Balaban J connectivity index is 1.45. The Bertz CT molecular complexity index is 896. The molecule has 0 aromatic heterocycles. The van der Waals surface area contributed by atoms with E-state index in [-0.39, 0.29) is 11.9 Å². The zero-order valence-corrected chi connectivity index (χ0v) is 17.4. The van der Waals surface area contributed by atoms with Crippen LogP contribution >= 0.6 is 11.8 Å². The van der Waals surface area contributed by atoms with Crippen molar-refractivity contribution in [2.45, 2.75) is 23.6 Å². The third-order valence-electron chi connectivity index (χ3n) is 4.30. The highest BCUT2D eigenvalue weighted by atomic mass is 32.2. The topological polar surface area (TPSA) is 47.6 Å². The number of carbonyl (C=O) groups excluding carboxylic acids is 1. The summed E-state index contributed by atoms with van der Waals surface area (Å²) in [6, 6.07) is 25.3. The standard InChI is InChI=1S/C24H25NO3S/c1-18(16-28-22-14-12-21(27-2)13-15-22)25-24(26)20-10-8-19(9-11-20)17-29-23-6-4-3-5-7-23/h3-15,18H,16-17H2,1-2H3,(H,25,26)/t18-/m0/s1. The summed E-state index contributed by atoms with van der Waals surface area (Å²) in [5.74, 6) is 2.30. The molecule has 3 aromatic rings. The summed E-state index contributed by atoms with van der Waals surface area (Å²) in [7, 11) is 1.63. The van der Waals surface area contributed by atoms with E-state index in [1.807, 2.05) is 73.7 Å². The van der Waals surface area contributed by atoms with Crippen LogP contribution in [0, 0.1) is 0 Å². The SMILES string of the molecule is COc1ccc(OC[C@H](C)NC(=O)c2ccc(CSc3ccccc3)cc2)cc1. The Morgan fingerprint density at radius 1 is 0.931 bits per heavy atom. The number of methoxy groups -OCH3 is 1. The second-order valence-electron chi connectivity index (χ2n) is 6.66. The minimum atomic E-state index is -0.113. The largest absolute Gasteiger partial charge is 0.497 e. The number of nitrogens with one attached hydrogen (secondary N) is 1. The summed E-state index contributed by atoms with van der Waals surface area (Å²) in [4.78, 5) is 13.7. The zero-order valence-electron chi connectivity index (χ0n) is 16.6. The molecule has 150 valence electrons. The molecule has 0 spiro atoms. The molecule has 0 fully saturated rings. The molecule has 1 amide bonds. The molecule has 29 heavy (non-hydrogen) atoms. The van der Waals surface area contributed by atoms with Crippen LogP contribution in [0.15, 0.2) is 83.8 Å². The predicted molar refractivity (Wildman–Crippen MR) is 118 cm³/mol. The van der Waals surface area contributed by atoms with E-state index in [2.05, 4.69) is 17.4 Å². The monoisotopic (exact) mass is 407 g/mol. The van der Waals surface area contributed by atoms with Gasteiger partial charge in [-0.15, -0.1) is 11.8 Å². The smallest absolute Gasteiger partial charge is 0.251 e. The van der Waals surface area contributed by atoms with Gasteiger partial charge in [0, 0.05) is 16.2 Å². The maximum absolute atomic E-state index is 12.5. The van der Waals surface area contributed by atoms with Crippen LogP contribution in [0.2, 0.25) is 0 Å². The summed E-state index contributed by atoms with van der Waals surface area (Å²) >= 11 is 1.78. The molecule has 0 saturated carbocycles. The minimum Gasteiger partial charge on any atom is -0.497 e. The molecule has 1 atom stereocenters. The van der Waals surface area contributed by atoms with Crippen molar-refractivity contribution < 1.29 is 14.3 Å². The van der Waals surface area contributed by atoms with Crippen molar-refractivity contribution >= 4 is 17.7 Å². The van der Waals surface area contributed by atoms with Crippen LogP contribution in [0.1, 0.15) is 22.8 Å². The molecule has 0 radical (unpaired) electrons. The first kappa shape index (κ1) is 20.8. The quantitative estimate of drug-likeness (QED) is 0.496. The van der Waals surface area contributed by atoms with Crippen molar-refractivity contribution in [1.29, 1.82) is 0 Å². The van der Waals surface area contributed by atoms with Crippen LogP contribution in [0.3, 0.4) is 0 Å². The lowest BCUT2D eigenvalue weighted by Crippen LogP contribution is -2.36. The van der Waals surface area contributed by atoms with Gasteiger partial charge >= 0.3 is 0 Å². The van der Waals surface area contributed by atoms with Crippen molar-refractivity contribution in [2.75, 3.05) is 13.7 Å². The van der Waals surface area contributed by atoms with Gasteiger partial charge in [0.05, 0.1) is 13.2 Å². The Hall–Kier alpha value is -2.92. The fourth-order valence-electron chi connectivity index (χ4n) is 2.68. The lowest BCUT2D eigenvalue weighted by atomic mass is 10.1. The van der Waals surface area contributed by atoms with Crippen molar-refractivity contribution in [2.24, 2.45) is 0 Å². The first-order valence-corrected chi connectivity index (χ1v) is 10.5. The van der Waals surface area contributed by atoms with Gasteiger partial charge in [0.15, 0.2) is 0 Å². The average Bonchev–Trinajstić information content (AvgIpc) is 2.77. The Morgan fingerprint density at radius 3 is 2.24 bits per heavy atom. The van der Waals surface area contributed by atoms with Crippen molar-refractivity contribution in [1.82, 2.24) is 5.32 Å². The number of hydrogen-bond acceptors (Lipinski definition) is 4. The van der Waals surface area contributed by atoms with Crippen LogP contribution in [0.25, 0.3) is 0 Å². The maximum atomic E-state index is 12.5. The molecule has 0 heterocycles. The van der Waals surface area contributed by atoms with Gasteiger partial charge in [-0.05, 0) is 61.0 Å². The second-order valence-corrected chi connectivity index (χ2v) is 7.71. The van der Waals surface area contributed by atoms with Crippen molar-refractivity contribution in [3.05, 3.63) is 90.0 Å². The van der Waals surface area contributed by atoms with Crippen LogP contribution in [0.4, 0.5) is 0 Å².